The van der Waals surface area contributed by atoms with Crippen LogP contribution in [0.25, 0.3) is 5.82 Å². The summed E-state index contributed by atoms with van der Waals surface area (Å²) >= 11 is 0. The van der Waals surface area contributed by atoms with Crippen molar-refractivity contribution in [3.63, 3.8) is 0 Å². The summed E-state index contributed by atoms with van der Waals surface area (Å²) in [6, 6.07) is 4.90. The van der Waals surface area contributed by atoms with E-state index in [-0.39, 0.29) is 11.9 Å². The van der Waals surface area contributed by atoms with Crippen LogP contribution in [-0.4, -0.2) is 25.5 Å². The summed E-state index contributed by atoms with van der Waals surface area (Å²) in [4.78, 5) is 24.3. The molecule has 0 aliphatic carbocycles. The van der Waals surface area contributed by atoms with E-state index < -0.39 is 47.2 Å². The molecule has 0 aliphatic heterocycles. The summed E-state index contributed by atoms with van der Waals surface area (Å²) in [5.74, 6) is -0.848. The van der Waals surface area contributed by atoms with Crippen LogP contribution in [0.5, 0.6) is 0 Å². The van der Waals surface area contributed by atoms with Crippen LogP contribution in [0.2, 0.25) is 0 Å². The van der Waals surface area contributed by atoms with Crippen LogP contribution in [0.3, 0.4) is 0 Å². The van der Waals surface area contributed by atoms with Gasteiger partial charge in [-0.1, -0.05) is 0 Å². The van der Waals surface area contributed by atoms with Crippen molar-refractivity contribution >= 4 is 11.6 Å². The largest absolute Gasteiger partial charge is 0.416 e. The molecule has 32 heavy (non-hydrogen) atoms. The van der Waals surface area contributed by atoms with Crippen molar-refractivity contribution in [1.82, 2.24) is 19.6 Å². The van der Waals surface area contributed by atoms with Gasteiger partial charge < -0.3 is 5.32 Å². The number of nitrogens with one attached hydrogen (secondary N) is 1. The SMILES string of the molecule is Cc1cc(C)n(-c2ccc(=O)n(CC(=O)Nc3cc(C(F)(F)F)cc(C(F)(F)F)c3)n2)n1. The Morgan fingerprint density at radius 2 is 1.53 bits per heavy atom. The standard InChI is InChI=1S/C19H15F6N5O2/c1-10-5-11(2)30(27-10)15-3-4-17(32)29(28-15)9-16(31)26-14-7-12(18(20,21)22)6-13(8-14)19(23,24)25/h3-8H,9H2,1-2H3,(H,26,31). The van der Waals surface area contributed by atoms with Gasteiger partial charge in [0.15, 0.2) is 5.82 Å². The molecule has 170 valence electrons. The van der Waals surface area contributed by atoms with E-state index in [1.807, 2.05) is 5.32 Å². The Hall–Kier alpha value is -3.64. The van der Waals surface area contributed by atoms with Gasteiger partial charge in [-0.15, -0.1) is 5.10 Å². The van der Waals surface area contributed by atoms with Crippen LogP contribution in [-0.2, 0) is 23.7 Å². The zero-order valence-corrected chi connectivity index (χ0v) is 16.5. The Morgan fingerprint density at radius 1 is 0.938 bits per heavy atom. The molecular weight excluding hydrogens is 444 g/mol. The Balaban J connectivity index is 1.88. The number of nitrogens with zero attached hydrogens (tertiary/aromatic N) is 4. The number of carbonyl (C=O) groups excluding carboxylic acids is 1. The number of carbonyl (C=O) groups is 1. The second-order valence-electron chi connectivity index (χ2n) is 6.87. The van der Waals surface area contributed by atoms with Gasteiger partial charge in [0.25, 0.3) is 5.56 Å². The van der Waals surface area contributed by atoms with Crippen LogP contribution in [0.1, 0.15) is 22.5 Å². The van der Waals surface area contributed by atoms with Gasteiger partial charge in [0.05, 0.1) is 16.8 Å². The number of hydrogen-bond acceptors (Lipinski definition) is 4. The van der Waals surface area contributed by atoms with E-state index >= 15 is 0 Å². The predicted molar refractivity (Wildman–Crippen MR) is 100 cm³/mol. The summed E-state index contributed by atoms with van der Waals surface area (Å²) in [5.41, 5.74) is -3.22. The fraction of sp³-hybridized carbons (Fsp3) is 0.263. The van der Waals surface area contributed by atoms with Crippen LogP contribution in [0, 0.1) is 13.8 Å². The summed E-state index contributed by atoms with van der Waals surface area (Å²) < 4.78 is 79.9. The lowest BCUT2D eigenvalue weighted by atomic mass is 10.1. The smallest absolute Gasteiger partial charge is 0.324 e. The molecule has 0 atom stereocenters. The molecule has 1 aromatic carbocycles. The zero-order chi connectivity index (χ0) is 23.8. The average Bonchev–Trinajstić information content (AvgIpc) is 3.00. The lowest BCUT2D eigenvalue weighted by molar-refractivity contribution is -0.143. The molecule has 0 saturated heterocycles. The molecule has 1 N–H and O–H groups in total. The molecule has 3 rings (SSSR count). The normalized spacial score (nSPS) is 12.1. The number of aromatic nitrogens is 4. The van der Waals surface area contributed by atoms with Gasteiger partial charge in [-0.2, -0.15) is 31.4 Å². The molecular formula is C19H15F6N5O2. The van der Waals surface area contributed by atoms with E-state index in [9.17, 15) is 35.9 Å². The van der Waals surface area contributed by atoms with Crippen LogP contribution in [0.4, 0.5) is 32.0 Å². The maximum Gasteiger partial charge on any atom is 0.416 e. The molecule has 0 radical (unpaired) electrons. The number of aryl methyl sites for hydroxylation is 2. The Kier molecular flexibility index (Phi) is 5.85. The van der Waals surface area contributed by atoms with Crippen molar-refractivity contribution < 1.29 is 31.1 Å². The molecule has 0 unspecified atom stereocenters. The van der Waals surface area contributed by atoms with Crippen LogP contribution in [0.15, 0.2) is 41.2 Å². The number of anilines is 1. The molecule has 0 bridgehead atoms. The second kappa shape index (κ2) is 8.13. The molecule has 13 heteroatoms. The lowest BCUT2D eigenvalue weighted by Gasteiger charge is -2.15. The molecule has 0 aliphatic rings. The fourth-order valence-electron chi connectivity index (χ4n) is 2.89. The number of benzene rings is 1. The van der Waals surface area contributed by atoms with E-state index in [4.69, 9.17) is 0 Å². The first kappa shape index (κ1) is 23.0. The van der Waals surface area contributed by atoms with Crippen molar-refractivity contribution in [3.8, 4) is 5.82 Å². The van der Waals surface area contributed by atoms with Crippen molar-refractivity contribution in [2.75, 3.05) is 5.32 Å². The number of halogens is 6. The number of alkyl halides is 6. The highest BCUT2D eigenvalue weighted by Crippen LogP contribution is 2.37. The van der Waals surface area contributed by atoms with Crippen LogP contribution < -0.4 is 10.9 Å². The maximum absolute atomic E-state index is 13.0. The number of amides is 1. The number of hydrogen-bond donors (Lipinski definition) is 1. The highest BCUT2D eigenvalue weighted by Gasteiger charge is 2.37. The Labute approximate surface area is 176 Å². The molecule has 2 aromatic heterocycles. The van der Waals surface area contributed by atoms with Gasteiger partial charge in [0.1, 0.15) is 6.54 Å². The van der Waals surface area contributed by atoms with E-state index in [1.165, 1.54) is 10.7 Å². The third-order valence-electron chi connectivity index (χ3n) is 4.24. The number of rotatable bonds is 4. The zero-order valence-electron chi connectivity index (χ0n) is 16.5. The van der Waals surface area contributed by atoms with Gasteiger partial charge in [0.2, 0.25) is 5.91 Å². The summed E-state index contributed by atoms with van der Waals surface area (Å²) in [6.45, 7) is 2.72. The van der Waals surface area contributed by atoms with Gasteiger partial charge in [-0.3, -0.25) is 9.59 Å². The Bertz CT molecular complexity index is 1190. The van der Waals surface area contributed by atoms with Gasteiger partial charge >= 0.3 is 12.4 Å². The van der Waals surface area contributed by atoms with E-state index in [0.29, 0.717) is 23.5 Å². The Morgan fingerprint density at radius 3 is 2.03 bits per heavy atom. The third kappa shape index (κ3) is 5.15. The van der Waals surface area contributed by atoms with Crippen molar-refractivity contribution in [3.05, 3.63) is 69.3 Å². The van der Waals surface area contributed by atoms with Crippen molar-refractivity contribution in [2.24, 2.45) is 0 Å². The molecule has 7 nitrogen and oxygen atoms in total. The molecule has 0 spiro atoms. The minimum atomic E-state index is -5.06. The average molecular weight is 459 g/mol. The predicted octanol–water partition coefficient (Wildman–Crippen LogP) is 3.72. The monoisotopic (exact) mass is 459 g/mol. The minimum Gasteiger partial charge on any atom is -0.324 e. The van der Waals surface area contributed by atoms with Gasteiger partial charge in [-0.05, 0) is 44.2 Å². The maximum atomic E-state index is 13.0. The van der Waals surface area contributed by atoms with Crippen molar-refractivity contribution in [2.45, 2.75) is 32.7 Å². The summed E-state index contributed by atoms with van der Waals surface area (Å²) in [7, 11) is 0. The molecule has 0 saturated carbocycles. The van der Waals surface area contributed by atoms with E-state index in [2.05, 4.69) is 10.2 Å². The highest BCUT2D eigenvalue weighted by molar-refractivity contribution is 5.90. The second-order valence-corrected chi connectivity index (χ2v) is 6.87. The highest BCUT2D eigenvalue weighted by atomic mass is 19.4. The first-order valence-electron chi connectivity index (χ1n) is 8.95. The lowest BCUT2D eigenvalue weighted by Crippen LogP contribution is -2.30. The van der Waals surface area contributed by atoms with Gasteiger partial charge in [0, 0.05) is 17.4 Å². The topological polar surface area (TPSA) is 81.8 Å². The fourth-order valence-corrected chi connectivity index (χ4v) is 2.89. The molecule has 3 aromatic rings. The minimum absolute atomic E-state index is 0.0560. The molecule has 2 heterocycles. The molecule has 1 amide bonds. The first-order valence-corrected chi connectivity index (χ1v) is 8.95. The van der Waals surface area contributed by atoms with Crippen LogP contribution >= 0.6 is 0 Å². The van der Waals surface area contributed by atoms with E-state index in [1.54, 1.807) is 19.9 Å². The molecule has 0 fully saturated rings. The first-order chi connectivity index (χ1) is 14.7. The van der Waals surface area contributed by atoms with Crippen molar-refractivity contribution in [1.29, 1.82) is 0 Å². The van der Waals surface area contributed by atoms with E-state index in [0.717, 1.165) is 10.7 Å². The summed E-state index contributed by atoms with van der Waals surface area (Å²) in [6.07, 6.45) is -10.1. The van der Waals surface area contributed by atoms with Gasteiger partial charge in [-0.25, -0.2) is 9.36 Å². The summed E-state index contributed by atoms with van der Waals surface area (Å²) in [5, 5.41) is 10.1. The quantitative estimate of drug-likeness (QED) is 0.603. The third-order valence-corrected chi connectivity index (χ3v) is 4.24.